The van der Waals surface area contributed by atoms with Crippen LogP contribution in [0.3, 0.4) is 0 Å². The van der Waals surface area contributed by atoms with E-state index >= 15 is 0 Å². The highest BCUT2D eigenvalue weighted by molar-refractivity contribution is 5.77. The molecule has 0 bridgehead atoms. The second-order valence-electron chi connectivity index (χ2n) is 2.54. The maximum absolute atomic E-state index is 11.2. The van der Waals surface area contributed by atoms with Crippen molar-refractivity contribution in [1.82, 2.24) is 0 Å². The van der Waals surface area contributed by atoms with Gasteiger partial charge in [-0.3, -0.25) is 4.79 Å². The van der Waals surface area contributed by atoms with Crippen molar-refractivity contribution in [3.63, 3.8) is 0 Å². The number of hydrogen-bond donors (Lipinski definition) is 0. The molecule has 1 atom stereocenters. The van der Waals surface area contributed by atoms with Gasteiger partial charge in [-0.25, -0.2) is 0 Å². The van der Waals surface area contributed by atoms with E-state index in [1.165, 1.54) is 7.11 Å². The number of furan rings is 1. The van der Waals surface area contributed by atoms with Crippen LogP contribution in [0.5, 0.6) is 0 Å². The van der Waals surface area contributed by atoms with Crippen molar-refractivity contribution in [2.45, 2.75) is 19.3 Å². The maximum Gasteiger partial charge on any atom is 0.313 e. The summed E-state index contributed by atoms with van der Waals surface area (Å²) in [6.07, 6.45) is 3.86. The summed E-state index contributed by atoms with van der Waals surface area (Å²) in [6, 6.07) is 1.78. The molecule has 0 aromatic carbocycles. The third-order valence-electron chi connectivity index (χ3n) is 1.84. The van der Waals surface area contributed by atoms with Crippen LogP contribution in [0.1, 0.15) is 24.8 Å². The summed E-state index contributed by atoms with van der Waals surface area (Å²) in [7, 11) is 1.39. The quantitative estimate of drug-likeness (QED) is 0.647. The van der Waals surface area contributed by atoms with E-state index in [9.17, 15) is 4.79 Å². The van der Waals surface area contributed by atoms with Crippen molar-refractivity contribution >= 4 is 5.97 Å². The molecule has 3 nitrogen and oxygen atoms in total. The van der Waals surface area contributed by atoms with Gasteiger partial charge in [-0.05, 0) is 12.5 Å². The van der Waals surface area contributed by atoms with E-state index in [1.54, 1.807) is 18.6 Å². The van der Waals surface area contributed by atoms with Gasteiger partial charge < -0.3 is 9.15 Å². The molecular weight excluding hydrogens is 156 g/mol. The molecule has 12 heavy (non-hydrogen) atoms. The van der Waals surface area contributed by atoms with Gasteiger partial charge in [0.1, 0.15) is 0 Å². The highest BCUT2D eigenvalue weighted by Gasteiger charge is 2.19. The summed E-state index contributed by atoms with van der Waals surface area (Å²) in [5, 5.41) is 0. The fourth-order valence-corrected chi connectivity index (χ4v) is 1.15. The van der Waals surface area contributed by atoms with Gasteiger partial charge in [0, 0.05) is 5.56 Å². The summed E-state index contributed by atoms with van der Waals surface area (Å²) in [5.41, 5.74) is 0.879. The van der Waals surface area contributed by atoms with E-state index < -0.39 is 0 Å². The molecule has 0 saturated heterocycles. The standard InChI is InChI=1S/C9H12O3/c1-3-8(9(10)11-2)7-4-5-12-6-7/h4-6,8H,3H2,1-2H3. The van der Waals surface area contributed by atoms with E-state index in [-0.39, 0.29) is 11.9 Å². The number of carbonyl (C=O) groups excluding carboxylic acids is 1. The van der Waals surface area contributed by atoms with Crippen LogP contribution in [-0.2, 0) is 9.53 Å². The summed E-state index contributed by atoms with van der Waals surface area (Å²) in [6.45, 7) is 1.94. The lowest BCUT2D eigenvalue weighted by Crippen LogP contribution is -2.12. The Labute approximate surface area is 71.3 Å². The minimum absolute atomic E-state index is 0.186. The third kappa shape index (κ3) is 1.67. The first-order chi connectivity index (χ1) is 5.79. The predicted molar refractivity (Wildman–Crippen MR) is 43.8 cm³/mol. The van der Waals surface area contributed by atoms with Crippen molar-refractivity contribution in [3.05, 3.63) is 24.2 Å². The largest absolute Gasteiger partial charge is 0.472 e. The molecule has 0 fully saturated rings. The second kappa shape index (κ2) is 3.95. The van der Waals surface area contributed by atoms with Gasteiger partial charge in [0.2, 0.25) is 0 Å². The van der Waals surface area contributed by atoms with Crippen LogP contribution < -0.4 is 0 Å². The van der Waals surface area contributed by atoms with Gasteiger partial charge >= 0.3 is 5.97 Å². The molecular formula is C9H12O3. The Morgan fingerprint density at radius 2 is 2.50 bits per heavy atom. The summed E-state index contributed by atoms with van der Waals surface area (Å²) in [4.78, 5) is 11.2. The normalized spacial score (nSPS) is 12.5. The molecule has 1 aromatic rings. The first kappa shape index (κ1) is 8.84. The zero-order valence-corrected chi connectivity index (χ0v) is 7.24. The van der Waals surface area contributed by atoms with Crippen molar-refractivity contribution < 1.29 is 13.9 Å². The highest BCUT2D eigenvalue weighted by atomic mass is 16.5. The van der Waals surface area contributed by atoms with Crippen molar-refractivity contribution in [2.24, 2.45) is 0 Å². The molecule has 1 unspecified atom stereocenters. The van der Waals surface area contributed by atoms with Gasteiger partial charge in [-0.15, -0.1) is 0 Å². The Bertz CT molecular complexity index is 238. The van der Waals surface area contributed by atoms with E-state index in [0.717, 1.165) is 12.0 Å². The van der Waals surface area contributed by atoms with E-state index in [1.807, 2.05) is 6.92 Å². The number of esters is 1. The molecule has 1 rings (SSSR count). The maximum atomic E-state index is 11.2. The molecule has 66 valence electrons. The lowest BCUT2D eigenvalue weighted by atomic mass is 10.00. The highest BCUT2D eigenvalue weighted by Crippen LogP contribution is 2.20. The summed E-state index contributed by atoms with van der Waals surface area (Å²) in [5.74, 6) is -0.396. The van der Waals surface area contributed by atoms with Crippen LogP contribution in [-0.4, -0.2) is 13.1 Å². The van der Waals surface area contributed by atoms with Crippen LogP contribution in [0.25, 0.3) is 0 Å². The minimum Gasteiger partial charge on any atom is -0.472 e. The topological polar surface area (TPSA) is 39.4 Å². The molecule has 0 aliphatic rings. The number of methoxy groups -OCH3 is 1. The van der Waals surface area contributed by atoms with E-state index in [0.29, 0.717) is 0 Å². The predicted octanol–water partition coefficient (Wildman–Crippen LogP) is 1.95. The molecule has 0 N–H and O–H groups in total. The van der Waals surface area contributed by atoms with Gasteiger partial charge in [0.15, 0.2) is 0 Å². The Morgan fingerprint density at radius 1 is 1.75 bits per heavy atom. The van der Waals surface area contributed by atoms with Crippen molar-refractivity contribution in [2.75, 3.05) is 7.11 Å². The molecule has 3 heteroatoms. The number of hydrogen-bond acceptors (Lipinski definition) is 3. The van der Waals surface area contributed by atoms with Crippen LogP contribution in [0.4, 0.5) is 0 Å². The van der Waals surface area contributed by atoms with Crippen LogP contribution in [0.2, 0.25) is 0 Å². The van der Waals surface area contributed by atoms with Crippen LogP contribution in [0, 0.1) is 0 Å². The smallest absolute Gasteiger partial charge is 0.313 e. The lowest BCUT2D eigenvalue weighted by Gasteiger charge is -2.08. The average molecular weight is 168 g/mol. The molecule has 0 radical (unpaired) electrons. The van der Waals surface area contributed by atoms with E-state index in [4.69, 9.17) is 4.42 Å². The fraction of sp³-hybridized carbons (Fsp3) is 0.444. The Balaban J connectivity index is 2.76. The lowest BCUT2D eigenvalue weighted by molar-refractivity contribution is -0.142. The molecule has 1 heterocycles. The second-order valence-corrected chi connectivity index (χ2v) is 2.54. The third-order valence-corrected chi connectivity index (χ3v) is 1.84. The number of ether oxygens (including phenoxy) is 1. The summed E-state index contributed by atoms with van der Waals surface area (Å²) < 4.78 is 9.53. The molecule has 1 aromatic heterocycles. The molecule has 0 spiro atoms. The summed E-state index contributed by atoms with van der Waals surface area (Å²) >= 11 is 0. The molecule has 0 saturated carbocycles. The monoisotopic (exact) mass is 168 g/mol. The molecule has 0 aliphatic heterocycles. The Morgan fingerprint density at radius 3 is 2.92 bits per heavy atom. The average Bonchev–Trinajstić information content (AvgIpc) is 2.58. The van der Waals surface area contributed by atoms with E-state index in [2.05, 4.69) is 4.74 Å². The molecule has 0 amide bonds. The Kier molecular flexibility index (Phi) is 2.91. The first-order valence-corrected chi connectivity index (χ1v) is 3.89. The van der Waals surface area contributed by atoms with Gasteiger partial charge in [0.25, 0.3) is 0 Å². The number of rotatable bonds is 3. The van der Waals surface area contributed by atoms with Gasteiger partial charge in [-0.2, -0.15) is 0 Å². The molecule has 0 aliphatic carbocycles. The van der Waals surface area contributed by atoms with Crippen LogP contribution >= 0.6 is 0 Å². The number of carbonyl (C=O) groups is 1. The Hall–Kier alpha value is -1.25. The van der Waals surface area contributed by atoms with Crippen molar-refractivity contribution in [1.29, 1.82) is 0 Å². The van der Waals surface area contributed by atoms with Crippen molar-refractivity contribution in [3.8, 4) is 0 Å². The fourth-order valence-electron chi connectivity index (χ4n) is 1.15. The zero-order chi connectivity index (χ0) is 8.97. The minimum atomic E-state index is -0.209. The SMILES string of the molecule is CCC(C(=O)OC)c1ccoc1. The van der Waals surface area contributed by atoms with Gasteiger partial charge in [0.05, 0.1) is 25.6 Å². The zero-order valence-electron chi connectivity index (χ0n) is 7.24. The van der Waals surface area contributed by atoms with Crippen LogP contribution in [0.15, 0.2) is 23.0 Å². The first-order valence-electron chi connectivity index (χ1n) is 3.89. The van der Waals surface area contributed by atoms with Gasteiger partial charge in [-0.1, -0.05) is 6.92 Å².